The van der Waals surface area contributed by atoms with E-state index in [1.165, 1.54) is 24.3 Å². The highest BCUT2D eigenvalue weighted by Crippen LogP contribution is 2.19. The lowest BCUT2D eigenvalue weighted by molar-refractivity contribution is -0.885. The smallest absolute Gasteiger partial charge is 0.282 e. The summed E-state index contributed by atoms with van der Waals surface area (Å²) in [5, 5.41) is 10.7. The third-order valence-corrected chi connectivity index (χ3v) is 5.70. The molecule has 0 aliphatic heterocycles. The highest BCUT2D eigenvalue weighted by molar-refractivity contribution is 7.89. The number of hydrogen-bond donors (Lipinski definition) is 4. The van der Waals surface area contributed by atoms with Gasteiger partial charge in [0.1, 0.15) is 0 Å². The second-order valence-electron chi connectivity index (χ2n) is 7.12. The number of carbonyl (C=O) groups excluding carboxylic acids is 2. The summed E-state index contributed by atoms with van der Waals surface area (Å²) in [7, 11) is -2.02. The Hall–Kier alpha value is -2.75. The molecule has 29 heavy (non-hydrogen) atoms. The Balaban J connectivity index is 1.95. The van der Waals surface area contributed by atoms with E-state index in [1.807, 2.05) is 32.0 Å². The van der Waals surface area contributed by atoms with E-state index in [-0.39, 0.29) is 23.3 Å². The zero-order chi connectivity index (χ0) is 21.8. The molecule has 0 heterocycles. The molecular formula is C20H27N4O4S+. The van der Waals surface area contributed by atoms with Crippen molar-refractivity contribution in [2.45, 2.75) is 31.7 Å². The average molecular weight is 420 g/mol. The number of hydrogen-bond acceptors (Lipinski definition) is 4. The Morgan fingerprint density at radius 1 is 1.03 bits per heavy atom. The zero-order valence-electron chi connectivity index (χ0n) is 16.9. The lowest BCUT2D eigenvalue weighted by Gasteiger charge is -2.21. The lowest BCUT2D eigenvalue weighted by atomic mass is 10.1. The second kappa shape index (κ2) is 9.17. The second-order valence-corrected chi connectivity index (χ2v) is 8.68. The SMILES string of the molecule is Cc1cccc(C)c1NC(=O)C[NH+](C)[C@H](C)C(=O)Nc1ccc(S(N)(=O)=O)cc1. The van der Waals surface area contributed by atoms with Crippen molar-refractivity contribution in [1.82, 2.24) is 0 Å². The maximum Gasteiger partial charge on any atom is 0.282 e. The first-order valence-corrected chi connectivity index (χ1v) is 10.7. The molecule has 0 saturated heterocycles. The molecule has 2 aromatic rings. The number of quaternary nitrogens is 1. The molecule has 156 valence electrons. The lowest BCUT2D eigenvalue weighted by Crippen LogP contribution is -3.14. The summed E-state index contributed by atoms with van der Waals surface area (Å²) in [6.07, 6.45) is 0. The Bertz CT molecular complexity index is 983. The van der Waals surface area contributed by atoms with Crippen LogP contribution in [0.4, 0.5) is 11.4 Å². The molecule has 8 nitrogen and oxygen atoms in total. The van der Waals surface area contributed by atoms with Crippen LogP contribution >= 0.6 is 0 Å². The summed E-state index contributed by atoms with van der Waals surface area (Å²) >= 11 is 0. The number of primary sulfonamides is 1. The van der Waals surface area contributed by atoms with Gasteiger partial charge in [0.15, 0.2) is 12.6 Å². The van der Waals surface area contributed by atoms with Crippen LogP contribution in [0.3, 0.4) is 0 Å². The molecule has 9 heteroatoms. The number of nitrogens with one attached hydrogen (secondary N) is 3. The third kappa shape index (κ3) is 6.11. The first kappa shape index (κ1) is 22.5. The Kier molecular flexibility index (Phi) is 7.12. The first-order chi connectivity index (χ1) is 13.5. The molecule has 2 atom stereocenters. The molecular weight excluding hydrogens is 392 g/mol. The highest BCUT2D eigenvalue weighted by atomic mass is 32.2. The van der Waals surface area contributed by atoms with Crippen LogP contribution in [0, 0.1) is 13.8 Å². The van der Waals surface area contributed by atoms with Gasteiger partial charge in [0.25, 0.3) is 11.8 Å². The molecule has 2 rings (SSSR count). The predicted molar refractivity (Wildman–Crippen MR) is 112 cm³/mol. The minimum Gasteiger partial charge on any atom is -0.321 e. The van der Waals surface area contributed by atoms with E-state index in [1.54, 1.807) is 14.0 Å². The third-order valence-electron chi connectivity index (χ3n) is 4.77. The maximum atomic E-state index is 12.5. The first-order valence-electron chi connectivity index (χ1n) is 9.11. The van der Waals surface area contributed by atoms with E-state index in [0.717, 1.165) is 16.8 Å². The molecule has 0 bridgehead atoms. The van der Waals surface area contributed by atoms with Crippen LogP contribution in [0.2, 0.25) is 0 Å². The Labute approximate surface area is 171 Å². The molecule has 2 aromatic carbocycles. The van der Waals surface area contributed by atoms with Gasteiger partial charge >= 0.3 is 0 Å². The average Bonchev–Trinajstić information content (AvgIpc) is 2.63. The molecule has 0 spiro atoms. The molecule has 1 unspecified atom stereocenters. The number of benzene rings is 2. The fourth-order valence-corrected chi connectivity index (χ4v) is 3.32. The van der Waals surface area contributed by atoms with Crippen LogP contribution < -0.4 is 20.7 Å². The number of anilines is 2. The fraction of sp³-hybridized carbons (Fsp3) is 0.300. The van der Waals surface area contributed by atoms with Gasteiger partial charge in [-0.15, -0.1) is 0 Å². The standard InChI is InChI=1S/C20H26N4O4S/c1-13-6-5-7-14(2)19(13)23-18(25)12-24(4)15(3)20(26)22-16-8-10-17(11-9-16)29(21,27)28/h5-11,15H,12H2,1-4H3,(H,22,26)(H,23,25)(H2,21,27,28)/p+1/t15-/m1/s1. The summed E-state index contributed by atoms with van der Waals surface area (Å²) in [6.45, 7) is 5.69. The Morgan fingerprint density at radius 3 is 2.10 bits per heavy atom. The molecule has 0 saturated carbocycles. The van der Waals surface area contributed by atoms with Crippen LogP contribution in [-0.4, -0.2) is 39.9 Å². The number of carbonyl (C=O) groups is 2. The van der Waals surface area contributed by atoms with E-state index in [2.05, 4.69) is 10.6 Å². The number of para-hydroxylation sites is 1. The van der Waals surface area contributed by atoms with E-state index in [9.17, 15) is 18.0 Å². The van der Waals surface area contributed by atoms with Gasteiger partial charge in [-0.25, -0.2) is 13.6 Å². The molecule has 5 N–H and O–H groups in total. The summed E-state index contributed by atoms with van der Waals surface area (Å²) in [4.78, 5) is 25.6. The van der Waals surface area contributed by atoms with Gasteiger partial charge in [-0.1, -0.05) is 18.2 Å². The van der Waals surface area contributed by atoms with Crippen LogP contribution in [0.25, 0.3) is 0 Å². The Morgan fingerprint density at radius 2 is 1.59 bits per heavy atom. The quantitative estimate of drug-likeness (QED) is 0.520. The van der Waals surface area contributed by atoms with E-state index in [0.29, 0.717) is 10.6 Å². The number of sulfonamides is 1. The van der Waals surface area contributed by atoms with Crippen molar-refractivity contribution in [3.05, 3.63) is 53.6 Å². The normalized spacial score (nSPS) is 13.4. The van der Waals surface area contributed by atoms with Crippen molar-refractivity contribution in [2.75, 3.05) is 24.2 Å². The van der Waals surface area contributed by atoms with Crippen LogP contribution in [0.15, 0.2) is 47.4 Å². The van der Waals surface area contributed by atoms with Crippen molar-refractivity contribution in [3.63, 3.8) is 0 Å². The molecule has 0 radical (unpaired) electrons. The minimum absolute atomic E-state index is 0.0329. The number of nitrogens with two attached hydrogens (primary N) is 1. The summed E-state index contributed by atoms with van der Waals surface area (Å²) in [5.74, 6) is -0.470. The van der Waals surface area contributed by atoms with Crippen molar-refractivity contribution >= 4 is 33.2 Å². The molecule has 0 fully saturated rings. The summed E-state index contributed by atoms with van der Waals surface area (Å²) in [6, 6.07) is 10.9. The van der Waals surface area contributed by atoms with Crippen molar-refractivity contribution in [1.29, 1.82) is 0 Å². The fourth-order valence-electron chi connectivity index (χ4n) is 2.80. The van der Waals surface area contributed by atoms with Gasteiger partial charge < -0.3 is 15.5 Å². The van der Waals surface area contributed by atoms with E-state index in [4.69, 9.17) is 5.14 Å². The van der Waals surface area contributed by atoms with Crippen molar-refractivity contribution < 1.29 is 22.9 Å². The minimum atomic E-state index is -3.78. The number of amides is 2. The largest absolute Gasteiger partial charge is 0.321 e. The van der Waals surface area contributed by atoms with Gasteiger partial charge in [0.2, 0.25) is 10.0 Å². The van der Waals surface area contributed by atoms with Gasteiger partial charge in [-0.3, -0.25) is 9.59 Å². The number of aryl methyl sites for hydroxylation is 2. The van der Waals surface area contributed by atoms with Gasteiger partial charge in [0, 0.05) is 11.4 Å². The predicted octanol–water partition coefficient (Wildman–Crippen LogP) is 0.431. The van der Waals surface area contributed by atoms with Gasteiger partial charge in [-0.2, -0.15) is 0 Å². The van der Waals surface area contributed by atoms with E-state index < -0.39 is 16.1 Å². The number of rotatable bonds is 7. The van der Waals surface area contributed by atoms with Crippen LogP contribution in [0.1, 0.15) is 18.1 Å². The van der Waals surface area contributed by atoms with Crippen molar-refractivity contribution in [2.24, 2.45) is 5.14 Å². The topological polar surface area (TPSA) is 123 Å². The van der Waals surface area contributed by atoms with Crippen molar-refractivity contribution in [3.8, 4) is 0 Å². The van der Waals surface area contributed by atoms with Crippen LogP contribution in [0.5, 0.6) is 0 Å². The van der Waals surface area contributed by atoms with Crippen LogP contribution in [-0.2, 0) is 19.6 Å². The maximum absolute atomic E-state index is 12.5. The summed E-state index contributed by atoms with van der Waals surface area (Å²) < 4.78 is 22.6. The zero-order valence-corrected chi connectivity index (χ0v) is 17.8. The summed E-state index contributed by atoms with van der Waals surface area (Å²) in [5.41, 5.74) is 3.19. The molecule has 2 amide bonds. The molecule has 0 aromatic heterocycles. The molecule has 0 aliphatic rings. The van der Waals surface area contributed by atoms with Gasteiger partial charge in [0.05, 0.1) is 11.9 Å². The van der Waals surface area contributed by atoms with Gasteiger partial charge in [-0.05, 0) is 56.2 Å². The number of likely N-dealkylation sites (N-methyl/N-ethyl adjacent to an activating group) is 1. The van der Waals surface area contributed by atoms with E-state index >= 15 is 0 Å². The molecule has 0 aliphatic carbocycles. The monoisotopic (exact) mass is 419 g/mol. The highest BCUT2D eigenvalue weighted by Gasteiger charge is 2.24.